The number of carbonyl (C=O) groups is 4. The highest BCUT2D eigenvalue weighted by molar-refractivity contribution is 6.13. The number of imide groups is 1. The van der Waals surface area contributed by atoms with Crippen LogP contribution in [0.3, 0.4) is 0 Å². The number of fused-ring (bicyclic) bond motifs is 4. The number of piperidine rings is 1. The van der Waals surface area contributed by atoms with Gasteiger partial charge in [0.15, 0.2) is 0 Å². The van der Waals surface area contributed by atoms with Gasteiger partial charge in [-0.25, -0.2) is 14.6 Å². The number of anilines is 3. The van der Waals surface area contributed by atoms with E-state index < -0.39 is 17.9 Å². The minimum atomic E-state index is -0.646. The molecule has 0 spiro atoms. The number of amides is 4. The van der Waals surface area contributed by atoms with Crippen molar-refractivity contribution in [2.75, 3.05) is 63.4 Å². The predicted octanol–water partition coefficient (Wildman–Crippen LogP) is 5.96. The van der Waals surface area contributed by atoms with Crippen LogP contribution in [0.15, 0.2) is 40.9 Å². The number of carbonyl (C=O) groups excluding carboxylic acids is 4. The van der Waals surface area contributed by atoms with Crippen molar-refractivity contribution < 1.29 is 37.9 Å². The molecule has 9 rings (SSSR count). The van der Waals surface area contributed by atoms with E-state index in [-0.39, 0.29) is 24.1 Å². The summed E-state index contributed by atoms with van der Waals surface area (Å²) in [6.45, 7) is 12.6. The van der Waals surface area contributed by atoms with Crippen LogP contribution in [-0.4, -0.2) is 117 Å². The number of hydrogen-bond acceptors (Lipinski definition) is 14. The smallest absolute Gasteiger partial charge is 0.289 e. The summed E-state index contributed by atoms with van der Waals surface area (Å²) in [5.74, 6) is 1.27. The lowest BCUT2D eigenvalue weighted by atomic mass is 9.97. The monoisotopic (exact) mass is 915 g/mol. The Morgan fingerprint density at radius 2 is 1.67 bits per heavy atom. The van der Waals surface area contributed by atoms with Gasteiger partial charge < -0.3 is 44.6 Å². The van der Waals surface area contributed by atoms with E-state index in [1.54, 1.807) is 11.0 Å². The molecule has 1 atom stereocenters. The van der Waals surface area contributed by atoms with E-state index >= 15 is 0 Å². The van der Waals surface area contributed by atoms with Crippen LogP contribution in [0.4, 0.5) is 17.3 Å². The maximum absolute atomic E-state index is 13.6. The highest BCUT2D eigenvalue weighted by atomic mass is 16.5. The normalized spacial score (nSPS) is 16.0. The molecule has 5 N–H and O–H groups in total. The summed E-state index contributed by atoms with van der Waals surface area (Å²) in [6, 6.07) is 11.2. The van der Waals surface area contributed by atoms with Crippen LogP contribution in [0.25, 0.3) is 33.1 Å². The van der Waals surface area contributed by atoms with Crippen LogP contribution in [0.5, 0.6) is 0 Å². The zero-order valence-corrected chi connectivity index (χ0v) is 38.4. The third-order valence-electron chi connectivity index (χ3n) is 12.5. The number of hydrogen-bond donors (Lipinski definition) is 5. The number of aromatic amines is 1. The van der Waals surface area contributed by atoms with Crippen molar-refractivity contribution in [2.45, 2.75) is 91.3 Å². The maximum atomic E-state index is 13.6. The molecule has 4 amide bonds. The highest BCUT2D eigenvalue weighted by Crippen LogP contribution is 2.42. The SMILES string of the molecule is CCn1nc(C2CC2)cc1Nc1nc(C(=O)NCCCOCCOCCOCCCNc2cccc3c2CN(C2CCC(=O)NC2=O)C3=O)nc2[nH]c3cc(-c4c(C)noc4C)c(C)cc3c12. The summed E-state index contributed by atoms with van der Waals surface area (Å²) in [6.07, 6.45) is 4.15. The number of H-pyrrole nitrogens is 1. The molecular formula is C48H57N11O8. The average molecular weight is 916 g/mol. The summed E-state index contributed by atoms with van der Waals surface area (Å²) >= 11 is 0. The minimum Gasteiger partial charge on any atom is -0.385 e. The average Bonchev–Trinajstić information content (AvgIpc) is 3.70. The fraction of sp³-hybridized carbons (Fsp3) is 0.458. The van der Waals surface area contributed by atoms with Crippen molar-refractivity contribution in [1.29, 1.82) is 0 Å². The first kappa shape index (κ1) is 45.5. The second-order valence-corrected chi connectivity index (χ2v) is 17.3. The molecule has 0 bridgehead atoms. The molecule has 67 heavy (non-hydrogen) atoms. The Hall–Kier alpha value is -6.70. The zero-order chi connectivity index (χ0) is 46.6. The van der Waals surface area contributed by atoms with Gasteiger partial charge >= 0.3 is 0 Å². The Kier molecular flexibility index (Phi) is 13.6. The van der Waals surface area contributed by atoms with Crippen LogP contribution in [0.1, 0.15) is 101 Å². The summed E-state index contributed by atoms with van der Waals surface area (Å²) in [7, 11) is 0. The third kappa shape index (κ3) is 9.89. The first-order valence-corrected chi connectivity index (χ1v) is 23.2. The third-order valence-corrected chi connectivity index (χ3v) is 12.5. The first-order chi connectivity index (χ1) is 32.6. The Balaban J connectivity index is 0.704. The van der Waals surface area contributed by atoms with Crippen LogP contribution in [0, 0.1) is 20.8 Å². The van der Waals surface area contributed by atoms with Crippen LogP contribution in [-0.2, 0) is 36.9 Å². The summed E-state index contributed by atoms with van der Waals surface area (Å²) in [5.41, 5.74) is 8.55. The van der Waals surface area contributed by atoms with E-state index in [0.717, 1.165) is 86.5 Å². The lowest BCUT2D eigenvalue weighted by Crippen LogP contribution is -2.52. The van der Waals surface area contributed by atoms with E-state index in [4.69, 9.17) is 33.8 Å². The lowest BCUT2D eigenvalue weighted by Gasteiger charge is -2.29. The summed E-state index contributed by atoms with van der Waals surface area (Å²) in [4.78, 5) is 65.2. The fourth-order valence-electron chi connectivity index (χ4n) is 8.90. The number of nitrogens with zero attached hydrogens (tertiary/aromatic N) is 6. The number of rotatable bonds is 22. The molecule has 3 aliphatic rings. The van der Waals surface area contributed by atoms with Gasteiger partial charge in [0.05, 0.1) is 43.2 Å². The van der Waals surface area contributed by atoms with Gasteiger partial charge in [-0.3, -0.25) is 24.5 Å². The summed E-state index contributed by atoms with van der Waals surface area (Å²) in [5, 5.41) is 22.9. The summed E-state index contributed by atoms with van der Waals surface area (Å²) < 4.78 is 24.6. The Morgan fingerprint density at radius 3 is 2.39 bits per heavy atom. The molecule has 352 valence electrons. The van der Waals surface area contributed by atoms with Gasteiger partial charge in [0.1, 0.15) is 29.1 Å². The van der Waals surface area contributed by atoms with Crippen LogP contribution >= 0.6 is 0 Å². The van der Waals surface area contributed by atoms with Gasteiger partial charge in [0.2, 0.25) is 17.6 Å². The van der Waals surface area contributed by atoms with Crippen molar-refractivity contribution in [3.63, 3.8) is 0 Å². The second kappa shape index (κ2) is 20.0. The molecule has 1 unspecified atom stereocenters. The van der Waals surface area contributed by atoms with Crippen molar-refractivity contribution in [3.8, 4) is 11.1 Å². The van der Waals surface area contributed by atoms with Crippen molar-refractivity contribution in [1.82, 2.24) is 45.4 Å². The second-order valence-electron chi connectivity index (χ2n) is 17.3. The molecule has 2 fully saturated rings. The van der Waals surface area contributed by atoms with Gasteiger partial charge in [-0.05, 0) is 95.2 Å². The van der Waals surface area contributed by atoms with Crippen LogP contribution < -0.4 is 21.3 Å². The molecule has 1 saturated heterocycles. The zero-order valence-electron chi connectivity index (χ0n) is 38.4. The number of aromatic nitrogens is 6. The fourth-order valence-corrected chi connectivity index (χ4v) is 8.90. The molecule has 6 aromatic rings. The Labute approximate surface area is 387 Å². The van der Waals surface area contributed by atoms with E-state index in [0.29, 0.717) is 102 Å². The lowest BCUT2D eigenvalue weighted by molar-refractivity contribution is -0.136. The van der Waals surface area contributed by atoms with Gasteiger partial charge in [0.25, 0.3) is 11.8 Å². The van der Waals surface area contributed by atoms with Crippen molar-refractivity contribution >= 4 is 62.9 Å². The molecule has 1 saturated carbocycles. The number of benzene rings is 2. The number of aryl methyl sites for hydroxylation is 4. The molecule has 6 heterocycles. The molecular weight excluding hydrogens is 859 g/mol. The highest BCUT2D eigenvalue weighted by Gasteiger charge is 2.40. The number of nitrogens with one attached hydrogen (secondary N) is 5. The first-order valence-electron chi connectivity index (χ1n) is 23.2. The van der Waals surface area contributed by atoms with E-state index in [1.165, 1.54) is 0 Å². The van der Waals surface area contributed by atoms with E-state index in [2.05, 4.69) is 63.5 Å². The predicted molar refractivity (Wildman–Crippen MR) is 249 cm³/mol. The van der Waals surface area contributed by atoms with Gasteiger partial charge in [-0.15, -0.1) is 0 Å². The minimum absolute atomic E-state index is 0.0409. The largest absolute Gasteiger partial charge is 0.385 e. The van der Waals surface area contributed by atoms with Crippen molar-refractivity contribution in [2.24, 2.45) is 0 Å². The molecule has 19 nitrogen and oxygen atoms in total. The maximum Gasteiger partial charge on any atom is 0.289 e. The van der Waals surface area contributed by atoms with Gasteiger partial charge in [-0.1, -0.05) is 11.2 Å². The molecule has 4 aromatic heterocycles. The molecule has 0 radical (unpaired) electrons. The van der Waals surface area contributed by atoms with Crippen molar-refractivity contribution in [3.05, 3.63) is 76.1 Å². The van der Waals surface area contributed by atoms with Gasteiger partial charge in [-0.2, -0.15) is 5.10 Å². The molecule has 2 aliphatic heterocycles. The Bertz CT molecular complexity index is 2810. The van der Waals surface area contributed by atoms with E-state index in [9.17, 15) is 19.2 Å². The Morgan fingerprint density at radius 1 is 0.910 bits per heavy atom. The quantitative estimate of drug-likeness (QED) is 0.0391. The topological polar surface area (TPSA) is 233 Å². The van der Waals surface area contributed by atoms with Gasteiger partial charge in [0, 0.05) is 91.1 Å². The molecule has 1 aliphatic carbocycles. The van der Waals surface area contributed by atoms with E-state index in [1.807, 2.05) is 30.7 Å². The molecule has 2 aromatic carbocycles. The molecule has 19 heteroatoms. The standard InChI is InChI=1S/C48H57N11O8/c1-5-59-39(25-36(56-59)30-11-12-30)52-44-42-33-23-27(2)32(41-28(3)57-67-29(41)4)24-37(33)51-43(42)54-45(55-44)47(62)50-16-8-18-65-20-22-66-21-19-64-17-7-15-49-35-10-6-9-31-34(35)26-58(48(31)63)38-13-14-40(60)53-46(38)61/h6,9-10,23-25,30,38,49H,5,7-8,11-22,26H2,1-4H3,(H,50,62)(H,53,60,61)(H2,51,52,54,55). The number of ether oxygens (including phenoxy) is 3. The van der Waals surface area contributed by atoms with Crippen LogP contribution in [0.2, 0.25) is 0 Å².